The van der Waals surface area contributed by atoms with Gasteiger partial charge in [-0.1, -0.05) is 18.2 Å². The van der Waals surface area contributed by atoms with Gasteiger partial charge in [0.25, 0.3) is 0 Å². The molecule has 0 spiro atoms. The van der Waals surface area contributed by atoms with Gasteiger partial charge in [-0.3, -0.25) is 0 Å². The van der Waals surface area contributed by atoms with E-state index < -0.39 is 11.9 Å². The third-order valence-electron chi connectivity index (χ3n) is 3.89. The van der Waals surface area contributed by atoms with Gasteiger partial charge in [-0.2, -0.15) is 13.2 Å². The zero-order valence-corrected chi connectivity index (χ0v) is 13.3. The van der Waals surface area contributed by atoms with Crippen molar-refractivity contribution < 1.29 is 22.6 Å². The van der Waals surface area contributed by atoms with Crippen LogP contribution >= 0.6 is 0 Å². The second kappa shape index (κ2) is 7.04. The highest BCUT2D eigenvalue weighted by Crippen LogP contribution is 2.39. The van der Waals surface area contributed by atoms with Gasteiger partial charge >= 0.3 is 6.18 Å². The Kier molecular flexibility index (Phi) is 4.83. The van der Waals surface area contributed by atoms with Crippen molar-refractivity contribution in [2.75, 3.05) is 6.61 Å². The zero-order valence-electron chi connectivity index (χ0n) is 13.3. The first kappa shape index (κ1) is 17.1. The highest BCUT2D eigenvalue weighted by Gasteiger charge is 2.32. The van der Waals surface area contributed by atoms with E-state index in [1.54, 1.807) is 6.07 Å². The number of nitrogens with zero attached hydrogens (tertiary/aromatic N) is 1. The summed E-state index contributed by atoms with van der Waals surface area (Å²) in [4.78, 5) is 3.39. The molecule has 7 heteroatoms. The molecule has 0 bridgehead atoms. The number of hydrogen-bond acceptors (Lipinski definition) is 4. The first-order valence-electron chi connectivity index (χ1n) is 7.80. The number of allylic oxidation sites excluding steroid dienone is 1. The van der Waals surface area contributed by atoms with Crippen LogP contribution < -0.4 is 15.2 Å². The standard InChI is InChI=1S/C18H17F3N2O2/c19-18(20,21)16-7-6-14(10-23-16)25-15-5-1-4-13-9-12(3-2-8-22)11-24-17(13)15/h1-2,4-8,10,12H,3,9,11,22H2. The van der Waals surface area contributed by atoms with Crippen LogP contribution in [0.4, 0.5) is 13.2 Å². The van der Waals surface area contributed by atoms with Gasteiger partial charge in [-0.15, -0.1) is 0 Å². The number of rotatable bonds is 4. The SMILES string of the molecule is NC=CCC1COc2c(cccc2Oc2ccc(C(F)(F)F)nc2)C1. The third kappa shape index (κ3) is 4.04. The van der Waals surface area contributed by atoms with E-state index in [4.69, 9.17) is 15.2 Å². The molecule has 0 aliphatic carbocycles. The van der Waals surface area contributed by atoms with Gasteiger partial charge < -0.3 is 15.2 Å². The van der Waals surface area contributed by atoms with Crippen molar-refractivity contribution in [3.05, 3.63) is 60.1 Å². The summed E-state index contributed by atoms with van der Waals surface area (Å²) in [6.45, 7) is 0.531. The van der Waals surface area contributed by atoms with E-state index in [1.807, 2.05) is 18.2 Å². The summed E-state index contributed by atoms with van der Waals surface area (Å²) in [5.41, 5.74) is 5.41. The van der Waals surface area contributed by atoms with Crippen molar-refractivity contribution in [2.24, 2.45) is 11.7 Å². The summed E-state index contributed by atoms with van der Waals surface area (Å²) in [7, 11) is 0. The van der Waals surface area contributed by atoms with Gasteiger partial charge in [0.05, 0.1) is 12.8 Å². The third-order valence-corrected chi connectivity index (χ3v) is 3.89. The van der Waals surface area contributed by atoms with Crippen LogP contribution in [0.2, 0.25) is 0 Å². The first-order chi connectivity index (χ1) is 12.0. The van der Waals surface area contributed by atoms with Crippen molar-refractivity contribution in [1.29, 1.82) is 0 Å². The molecule has 1 unspecified atom stereocenters. The fraction of sp³-hybridized carbons (Fsp3) is 0.278. The molecule has 1 aliphatic rings. The lowest BCUT2D eigenvalue weighted by atomic mass is 9.94. The van der Waals surface area contributed by atoms with E-state index in [9.17, 15) is 13.2 Å². The summed E-state index contributed by atoms with van der Waals surface area (Å²) in [6.07, 6.45) is 1.65. The molecule has 1 atom stereocenters. The Morgan fingerprint density at radius 1 is 1.28 bits per heavy atom. The van der Waals surface area contributed by atoms with Gasteiger partial charge in [0.2, 0.25) is 0 Å². The highest BCUT2D eigenvalue weighted by atomic mass is 19.4. The van der Waals surface area contributed by atoms with E-state index in [1.165, 1.54) is 12.3 Å². The Morgan fingerprint density at radius 3 is 2.80 bits per heavy atom. The van der Waals surface area contributed by atoms with Crippen molar-refractivity contribution in [2.45, 2.75) is 19.0 Å². The summed E-state index contributed by atoms with van der Waals surface area (Å²) >= 11 is 0. The molecule has 2 heterocycles. The number of para-hydroxylation sites is 1. The van der Waals surface area contributed by atoms with Gasteiger partial charge in [-0.05, 0) is 42.8 Å². The maximum atomic E-state index is 12.6. The minimum Gasteiger partial charge on any atom is -0.489 e. The molecule has 3 rings (SSSR count). The van der Waals surface area contributed by atoms with Crippen molar-refractivity contribution in [3.63, 3.8) is 0 Å². The molecule has 2 aromatic rings. The molecular formula is C18H17F3N2O2. The van der Waals surface area contributed by atoms with Crippen molar-refractivity contribution in [1.82, 2.24) is 4.98 Å². The number of alkyl halides is 3. The lowest BCUT2D eigenvalue weighted by Crippen LogP contribution is -2.20. The summed E-state index contributed by atoms with van der Waals surface area (Å²) in [5.74, 6) is 1.63. The molecule has 0 saturated carbocycles. The van der Waals surface area contributed by atoms with Gasteiger partial charge in [0.1, 0.15) is 11.4 Å². The number of ether oxygens (including phenoxy) is 2. The molecule has 0 saturated heterocycles. The first-order valence-corrected chi connectivity index (χ1v) is 7.80. The predicted octanol–water partition coefficient (Wildman–Crippen LogP) is 4.31. The second-order valence-electron chi connectivity index (χ2n) is 5.77. The Hall–Kier alpha value is -2.70. The number of nitrogens with two attached hydrogens (primary N) is 1. The number of benzene rings is 1. The fourth-order valence-electron chi connectivity index (χ4n) is 2.70. The zero-order chi connectivity index (χ0) is 17.9. The number of hydrogen-bond donors (Lipinski definition) is 1. The summed E-state index contributed by atoms with van der Waals surface area (Å²) < 4.78 is 49.2. The van der Waals surface area contributed by atoms with Crippen LogP contribution in [0.1, 0.15) is 17.7 Å². The maximum Gasteiger partial charge on any atom is 0.433 e. The molecule has 0 amide bonds. The Morgan fingerprint density at radius 2 is 2.12 bits per heavy atom. The topological polar surface area (TPSA) is 57.4 Å². The normalized spacial score (nSPS) is 17.2. The number of aromatic nitrogens is 1. The average Bonchev–Trinajstić information content (AvgIpc) is 2.59. The van der Waals surface area contributed by atoms with Crippen molar-refractivity contribution in [3.8, 4) is 17.2 Å². The van der Waals surface area contributed by atoms with Crippen LogP contribution in [-0.4, -0.2) is 11.6 Å². The van der Waals surface area contributed by atoms with Gasteiger partial charge in [-0.25, -0.2) is 4.98 Å². The van der Waals surface area contributed by atoms with E-state index in [0.29, 0.717) is 24.0 Å². The molecule has 0 radical (unpaired) electrons. The molecular weight excluding hydrogens is 333 g/mol. The molecule has 0 fully saturated rings. The lowest BCUT2D eigenvalue weighted by molar-refractivity contribution is -0.141. The molecule has 132 valence electrons. The maximum absolute atomic E-state index is 12.6. The van der Waals surface area contributed by atoms with Crippen LogP contribution in [0.25, 0.3) is 0 Å². The monoisotopic (exact) mass is 350 g/mol. The van der Waals surface area contributed by atoms with E-state index in [2.05, 4.69) is 4.98 Å². The largest absolute Gasteiger partial charge is 0.489 e. The molecule has 1 aromatic heterocycles. The van der Waals surface area contributed by atoms with Crippen LogP contribution in [0, 0.1) is 5.92 Å². The Labute approximate surface area is 143 Å². The Bertz CT molecular complexity index is 758. The molecule has 2 N–H and O–H groups in total. The number of pyridine rings is 1. The average molecular weight is 350 g/mol. The molecule has 1 aliphatic heterocycles. The van der Waals surface area contributed by atoms with Crippen LogP contribution in [0.3, 0.4) is 0 Å². The van der Waals surface area contributed by atoms with Crippen molar-refractivity contribution >= 4 is 0 Å². The quantitative estimate of drug-likeness (QED) is 0.893. The second-order valence-corrected chi connectivity index (χ2v) is 5.77. The minimum absolute atomic E-state index is 0.221. The van der Waals surface area contributed by atoms with Crippen LogP contribution in [-0.2, 0) is 12.6 Å². The van der Waals surface area contributed by atoms with Gasteiger partial charge in [0, 0.05) is 5.92 Å². The van der Waals surface area contributed by atoms with E-state index in [-0.39, 0.29) is 5.75 Å². The summed E-state index contributed by atoms with van der Waals surface area (Å²) in [6, 6.07) is 7.63. The molecule has 1 aromatic carbocycles. The smallest absolute Gasteiger partial charge is 0.433 e. The summed E-state index contributed by atoms with van der Waals surface area (Å²) in [5, 5.41) is 0. The predicted molar refractivity (Wildman–Crippen MR) is 86.4 cm³/mol. The molecule has 4 nitrogen and oxygen atoms in total. The lowest BCUT2D eigenvalue weighted by Gasteiger charge is -2.26. The van der Waals surface area contributed by atoms with E-state index in [0.717, 1.165) is 30.7 Å². The highest BCUT2D eigenvalue weighted by molar-refractivity contribution is 5.49. The minimum atomic E-state index is -4.47. The molecule has 25 heavy (non-hydrogen) atoms. The van der Waals surface area contributed by atoms with Gasteiger partial charge in [0.15, 0.2) is 11.5 Å². The van der Waals surface area contributed by atoms with Crippen LogP contribution in [0.15, 0.2) is 48.8 Å². The number of fused-ring (bicyclic) bond motifs is 1. The number of halogens is 3. The fourth-order valence-corrected chi connectivity index (χ4v) is 2.70. The Balaban J connectivity index is 1.76. The van der Waals surface area contributed by atoms with E-state index >= 15 is 0 Å². The van der Waals surface area contributed by atoms with Crippen LogP contribution in [0.5, 0.6) is 17.2 Å².